The summed E-state index contributed by atoms with van der Waals surface area (Å²) in [5, 5.41) is 0. The lowest BCUT2D eigenvalue weighted by atomic mass is 9.80. The second-order valence-corrected chi connectivity index (χ2v) is 5.31. The normalized spacial score (nSPS) is 13.1. The van der Waals surface area contributed by atoms with Crippen molar-refractivity contribution in [1.29, 1.82) is 0 Å². The summed E-state index contributed by atoms with van der Waals surface area (Å²) in [6.45, 7) is 6.09. The van der Waals surface area contributed by atoms with Gasteiger partial charge in [-0.3, -0.25) is 4.79 Å². The summed E-state index contributed by atoms with van der Waals surface area (Å²) in [5.74, 6) is -0.299. The number of carbonyl (C=O) groups is 1. The van der Waals surface area contributed by atoms with Gasteiger partial charge in [-0.15, -0.1) is 0 Å². The molecule has 0 saturated carbocycles. The minimum atomic E-state index is -0.547. The summed E-state index contributed by atoms with van der Waals surface area (Å²) < 4.78 is 13.8. The van der Waals surface area contributed by atoms with E-state index in [4.69, 9.17) is 5.73 Å². The lowest BCUT2D eigenvalue weighted by Crippen LogP contribution is -2.46. The number of rotatable bonds is 6. The summed E-state index contributed by atoms with van der Waals surface area (Å²) in [5.41, 5.74) is 5.80. The number of hydrogen-bond donors (Lipinski definition) is 1. The summed E-state index contributed by atoms with van der Waals surface area (Å²) in [6, 6.07) is 6.25. The molecule has 1 amide bonds. The van der Waals surface area contributed by atoms with Gasteiger partial charge >= 0.3 is 0 Å². The molecule has 20 heavy (non-hydrogen) atoms. The van der Waals surface area contributed by atoms with E-state index in [0.717, 1.165) is 0 Å². The third-order valence-corrected chi connectivity index (χ3v) is 4.45. The van der Waals surface area contributed by atoms with E-state index in [-0.39, 0.29) is 17.8 Å². The molecule has 0 spiro atoms. The van der Waals surface area contributed by atoms with Gasteiger partial charge in [0.05, 0.1) is 11.5 Å². The van der Waals surface area contributed by atoms with Crippen LogP contribution in [0.5, 0.6) is 0 Å². The minimum Gasteiger partial charge on any atom is -0.338 e. The number of nitrogens with zero attached hydrogens (tertiary/aromatic N) is 1. The zero-order chi connectivity index (χ0) is 15.3. The van der Waals surface area contributed by atoms with E-state index in [1.165, 1.54) is 6.07 Å². The predicted molar refractivity (Wildman–Crippen MR) is 79.7 cm³/mol. The fourth-order valence-corrected chi connectivity index (χ4v) is 2.50. The summed E-state index contributed by atoms with van der Waals surface area (Å²) >= 11 is 0. The molecule has 1 unspecified atom stereocenters. The Bertz CT molecular complexity index is 449. The topological polar surface area (TPSA) is 46.3 Å². The maximum Gasteiger partial charge on any atom is 0.230 e. The zero-order valence-corrected chi connectivity index (χ0v) is 12.8. The Labute approximate surface area is 121 Å². The monoisotopic (exact) mass is 280 g/mol. The van der Waals surface area contributed by atoms with Crippen LogP contribution in [0.4, 0.5) is 4.39 Å². The maximum atomic E-state index is 13.8. The molecule has 112 valence electrons. The molecule has 1 rings (SSSR count). The molecule has 1 aromatic rings. The molecule has 0 heterocycles. The molecular weight excluding hydrogens is 255 g/mol. The molecule has 1 atom stereocenters. The van der Waals surface area contributed by atoms with Gasteiger partial charge in [-0.2, -0.15) is 0 Å². The van der Waals surface area contributed by atoms with Crippen molar-refractivity contribution in [3.63, 3.8) is 0 Å². The van der Waals surface area contributed by atoms with Crippen molar-refractivity contribution in [3.8, 4) is 0 Å². The fourth-order valence-electron chi connectivity index (χ4n) is 2.50. The van der Waals surface area contributed by atoms with Crippen molar-refractivity contribution in [2.45, 2.75) is 39.7 Å². The van der Waals surface area contributed by atoms with E-state index < -0.39 is 5.41 Å². The first-order chi connectivity index (χ1) is 9.43. The summed E-state index contributed by atoms with van der Waals surface area (Å²) in [6.07, 6.45) is 1.38. The number of halogens is 1. The van der Waals surface area contributed by atoms with E-state index in [2.05, 4.69) is 0 Å². The van der Waals surface area contributed by atoms with Crippen LogP contribution in [0.25, 0.3) is 0 Å². The lowest BCUT2D eigenvalue weighted by molar-refractivity contribution is -0.142. The summed E-state index contributed by atoms with van der Waals surface area (Å²) in [7, 11) is 1.72. The van der Waals surface area contributed by atoms with E-state index in [0.29, 0.717) is 24.9 Å². The van der Waals surface area contributed by atoms with Crippen molar-refractivity contribution in [2.24, 2.45) is 11.1 Å². The van der Waals surface area contributed by atoms with Crippen LogP contribution in [0.15, 0.2) is 24.3 Å². The van der Waals surface area contributed by atoms with E-state index in [1.807, 2.05) is 20.8 Å². The first-order valence-electron chi connectivity index (χ1n) is 7.15. The van der Waals surface area contributed by atoms with Gasteiger partial charge in [0.2, 0.25) is 5.91 Å². The molecule has 0 saturated heterocycles. The first-order valence-corrected chi connectivity index (χ1v) is 7.15. The van der Waals surface area contributed by atoms with Crippen LogP contribution in [-0.2, 0) is 4.79 Å². The molecule has 4 heteroatoms. The molecule has 0 fully saturated rings. The van der Waals surface area contributed by atoms with E-state index >= 15 is 0 Å². The van der Waals surface area contributed by atoms with Crippen LogP contribution >= 0.6 is 0 Å². The highest BCUT2D eigenvalue weighted by atomic mass is 19.1. The number of amides is 1. The standard InChI is InChI=1S/C16H25FN2O/c1-5-16(6-2,11-18)15(20)19(4)12(3)13-9-7-8-10-14(13)17/h7-10,12H,5-6,11,18H2,1-4H3. The number of nitrogens with two attached hydrogens (primary N) is 1. The average Bonchev–Trinajstić information content (AvgIpc) is 2.48. The van der Waals surface area contributed by atoms with Crippen molar-refractivity contribution in [1.82, 2.24) is 4.90 Å². The lowest BCUT2D eigenvalue weighted by Gasteiger charge is -2.36. The fraction of sp³-hybridized carbons (Fsp3) is 0.562. The van der Waals surface area contributed by atoms with Gasteiger partial charge in [0.15, 0.2) is 0 Å². The highest BCUT2D eigenvalue weighted by Crippen LogP contribution is 2.31. The highest BCUT2D eigenvalue weighted by Gasteiger charge is 2.37. The van der Waals surface area contributed by atoms with Gasteiger partial charge in [0.1, 0.15) is 5.82 Å². The number of hydrogen-bond acceptors (Lipinski definition) is 2. The van der Waals surface area contributed by atoms with Crippen LogP contribution in [0.1, 0.15) is 45.2 Å². The first kappa shape index (κ1) is 16.6. The molecule has 2 N–H and O–H groups in total. The van der Waals surface area contributed by atoms with Gasteiger partial charge in [0, 0.05) is 19.2 Å². The molecule has 1 aromatic carbocycles. The smallest absolute Gasteiger partial charge is 0.230 e. The van der Waals surface area contributed by atoms with Crippen LogP contribution in [0.3, 0.4) is 0 Å². The van der Waals surface area contributed by atoms with Crippen molar-refractivity contribution in [2.75, 3.05) is 13.6 Å². The Morgan fingerprint density at radius 2 is 1.90 bits per heavy atom. The molecule has 3 nitrogen and oxygen atoms in total. The van der Waals surface area contributed by atoms with Crippen LogP contribution in [0.2, 0.25) is 0 Å². The Kier molecular flexibility index (Phi) is 5.69. The molecule has 0 aromatic heterocycles. The van der Waals surface area contributed by atoms with Gasteiger partial charge in [-0.1, -0.05) is 32.0 Å². The molecule has 0 aliphatic carbocycles. The van der Waals surface area contributed by atoms with Crippen LogP contribution in [0, 0.1) is 11.2 Å². The predicted octanol–water partition coefficient (Wildman–Crippen LogP) is 3.11. The van der Waals surface area contributed by atoms with Gasteiger partial charge in [-0.25, -0.2) is 4.39 Å². The van der Waals surface area contributed by atoms with Crippen LogP contribution in [-0.4, -0.2) is 24.4 Å². The Morgan fingerprint density at radius 1 is 1.35 bits per heavy atom. The molecule has 0 radical (unpaired) electrons. The third kappa shape index (κ3) is 3.01. The Balaban J connectivity index is 3.02. The Hall–Kier alpha value is -1.42. The quantitative estimate of drug-likeness (QED) is 0.870. The van der Waals surface area contributed by atoms with Gasteiger partial charge in [-0.05, 0) is 25.8 Å². The second-order valence-electron chi connectivity index (χ2n) is 5.31. The minimum absolute atomic E-state index is 0.0132. The van der Waals surface area contributed by atoms with Gasteiger partial charge in [0.25, 0.3) is 0 Å². The molecule has 0 aliphatic rings. The maximum absolute atomic E-state index is 13.8. The molecule has 0 aliphatic heterocycles. The molecular formula is C16H25FN2O. The SMILES string of the molecule is CCC(CC)(CN)C(=O)N(C)C(C)c1ccccc1F. The Morgan fingerprint density at radius 3 is 2.35 bits per heavy atom. The van der Waals surface area contributed by atoms with E-state index in [9.17, 15) is 9.18 Å². The highest BCUT2D eigenvalue weighted by molar-refractivity contribution is 5.83. The largest absolute Gasteiger partial charge is 0.338 e. The zero-order valence-electron chi connectivity index (χ0n) is 12.8. The molecule has 0 bridgehead atoms. The van der Waals surface area contributed by atoms with E-state index in [1.54, 1.807) is 30.1 Å². The van der Waals surface area contributed by atoms with Crippen LogP contribution < -0.4 is 5.73 Å². The van der Waals surface area contributed by atoms with Crippen molar-refractivity contribution in [3.05, 3.63) is 35.6 Å². The average molecular weight is 280 g/mol. The number of carbonyl (C=O) groups excluding carboxylic acids is 1. The second kappa shape index (κ2) is 6.84. The third-order valence-electron chi connectivity index (χ3n) is 4.45. The van der Waals surface area contributed by atoms with Crippen molar-refractivity contribution >= 4 is 5.91 Å². The number of benzene rings is 1. The summed E-state index contributed by atoms with van der Waals surface area (Å²) in [4.78, 5) is 14.3. The van der Waals surface area contributed by atoms with Crippen molar-refractivity contribution < 1.29 is 9.18 Å². The van der Waals surface area contributed by atoms with Gasteiger partial charge < -0.3 is 10.6 Å².